The molecule has 1 atom stereocenters. The van der Waals surface area contributed by atoms with E-state index in [2.05, 4.69) is 15.6 Å². The summed E-state index contributed by atoms with van der Waals surface area (Å²) in [7, 11) is 0. The van der Waals surface area contributed by atoms with E-state index in [0.717, 1.165) is 12.0 Å². The average molecular weight is 311 g/mol. The lowest BCUT2D eigenvalue weighted by molar-refractivity contribution is 0.0939. The van der Waals surface area contributed by atoms with Crippen molar-refractivity contribution in [1.82, 2.24) is 10.3 Å². The fourth-order valence-corrected chi connectivity index (χ4v) is 1.94. The van der Waals surface area contributed by atoms with Crippen LogP contribution in [0, 0.1) is 6.92 Å². The Balaban J connectivity index is 2.10. The minimum Gasteiger partial charge on any atom is -0.350 e. The number of aryl methyl sites for hydroxylation is 1. The lowest BCUT2D eigenvalue weighted by atomic mass is 10.1. The molecule has 0 saturated heterocycles. The van der Waals surface area contributed by atoms with Gasteiger partial charge in [0.15, 0.2) is 0 Å². The number of rotatable bonds is 5. The number of nitrogens with one attached hydrogen (secondary N) is 2. The van der Waals surface area contributed by atoms with Crippen LogP contribution in [0.5, 0.6) is 0 Å². The van der Waals surface area contributed by atoms with Gasteiger partial charge < -0.3 is 10.6 Å². The Labute approximate surface area is 136 Å². The van der Waals surface area contributed by atoms with Crippen LogP contribution in [0.4, 0.5) is 5.69 Å². The number of amides is 2. The molecule has 1 unspecified atom stereocenters. The van der Waals surface area contributed by atoms with Gasteiger partial charge >= 0.3 is 0 Å². The molecular formula is C18H21N3O2. The molecule has 5 nitrogen and oxygen atoms in total. The van der Waals surface area contributed by atoms with Gasteiger partial charge in [0.1, 0.15) is 5.69 Å². The highest BCUT2D eigenvalue weighted by Gasteiger charge is 2.13. The summed E-state index contributed by atoms with van der Waals surface area (Å²) in [6.45, 7) is 5.91. The fourth-order valence-electron chi connectivity index (χ4n) is 1.94. The van der Waals surface area contributed by atoms with Crippen molar-refractivity contribution in [2.75, 3.05) is 5.32 Å². The number of carbonyl (C=O) groups is 2. The number of pyridine rings is 1. The quantitative estimate of drug-likeness (QED) is 0.891. The summed E-state index contributed by atoms with van der Waals surface area (Å²) in [5, 5.41) is 5.64. The van der Waals surface area contributed by atoms with Gasteiger partial charge in [0.25, 0.3) is 11.8 Å². The van der Waals surface area contributed by atoms with Crippen LogP contribution in [0.2, 0.25) is 0 Å². The SMILES string of the molecule is CCC(C)NC(=O)c1ccnc(C(=O)Nc2ccc(C)cc2)c1. The van der Waals surface area contributed by atoms with Crippen molar-refractivity contribution in [3.8, 4) is 0 Å². The molecule has 1 heterocycles. The minimum atomic E-state index is -0.341. The first kappa shape index (κ1) is 16.7. The Bertz CT molecular complexity index is 696. The predicted octanol–water partition coefficient (Wildman–Crippen LogP) is 3.17. The summed E-state index contributed by atoms with van der Waals surface area (Å²) >= 11 is 0. The first-order valence-corrected chi connectivity index (χ1v) is 7.64. The standard InChI is InChI=1S/C18H21N3O2/c1-4-13(3)20-17(22)14-9-10-19-16(11-14)18(23)21-15-7-5-12(2)6-8-15/h5-11,13H,4H2,1-3H3,(H,20,22)(H,21,23). The lowest BCUT2D eigenvalue weighted by Crippen LogP contribution is -2.32. The molecule has 0 aliphatic heterocycles. The molecule has 0 aliphatic rings. The van der Waals surface area contributed by atoms with E-state index in [1.54, 1.807) is 6.07 Å². The van der Waals surface area contributed by atoms with Gasteiger partial charge in [-0.05, 0) is 44.5 Å². The van der Waals surface area contributed by atoms with Crippen molar-refractivity contribution >= 4 is 17.5 Å². The van der Waals surface area contributed by atoms with Gasteiger partial charge in [0.05, 0.1) is 0 Å². The van der Waals surface area contributed by atoms with Gasteiger partial charge in [-0.2, -0.15) is 0 Å². The Morgan fingerprint density at radius 1 is 1.13 bits per heavy atom. The number of carbonyl (C=O) groups excluding carboxylic acids is 2. The van der Waals surface area contributed by atoms with Crippen molar-refractivity contribution in [3.05, 3.63) is 59.4 Å². The number of hydrogen-bond acceptors (Lipinski definition) is 3. The summed E-state index contributed by atoms with van der Waals surface area (Å²) in [4.78, 5) is 28.4. The second kappa shape index (κ2) is 7.54. The van der Waals surface area contributed by atoms with E-state index >= 15 is 0 Å². The lowest BCUT2D eigenvalue weighted by Gasteiger charge is -2.11. The van der Waals surface area contributed by atoms with Crippen molar-refractivity contribution < 1.29 is 9.59 Å². The molecule has 0 fully saturated rings. The first-order valence-electron chi connectivity index (χ1n) is 7.64. The second-order valence-corrected chi connectivity index (χ2v) is 5.53. The maximum atomic E-state index is 12.2. The summed E-state index contributed by atoms with van der Waals surface area (Å²) in [6, 6.07) is 10.7. The Hall–Kier alpha value is -2.69. The van der Waals surface area contributed by atoms with Crippen LogP contribution in [0.1, 0.15) is 46.7 Å². The van der Waals surface area contributed by atoms with E-state index in [9.17, 15) is 9.59 Å². The predicted molar refractivity (Wildman–Crippen MR) is 90.6 cm³/mol. The zero-order valence-electron chi connectivity index (χ0n) is 13.6. The Kier molecular flexibility index (Phi) is 5.46. The molecule has 1 aromatic carbocycles. The van der Waals surface area contributed by atoms with Crippen LogP contribution in [-0.4, -0.2) is 22.8 Å². The largest absolute Gasteiger partial charge is 0.350 e. The molecule has 0 saturated carbocycles. The fraction of sp³-hybridized carbons (Fsp3) is 0.278. The molecule has 0 bridgehead atoms. The molecule has 2 aromatic rings. The van der Waals surface area contributed by atoms with Crippen LogP contribution in [0.15, 0.2) is 42.6 Å². The van der Waals surface area contributed by atoms with E-state index in [1.807, 2.05) is 45.0 Å². The van der Waals surface area contributed by atoms with Crippen LogP contribution < -0.4 is 10.6 Å². The molecule has 2 rings (SSSR count). The van der Waals surface area contributed by atoms with Crippen molar-refractivity contribution in [2.24, 2.45) is 0 Å². The van der Waals surface area contributed by atoms with Gasteiger partial charge in [-0.25, -0.2) is 0 Å². The third kappa shape index (κ3) is 4.64. The number of aromatic nitrogens is 1. The molecule has 0 aliphatic carbocycles. The molecule has 1 aromatic heterocycles. The average Bonchev–Trinajstić information content (AvgIpc) is 2.56. The third-order valence-electron chi connectivity index (χ3n) is 3.55. The van der Waals surface area contributed by atoms with Gasteiger partial charge in [-0.1, -0.05) is 24.6 Å². The Morgan fingerprint density at radius 3 is 2.48 bits per heavy atom. The summed E-state index contributed by atoms with van der Waals surface area (Å²) in [5.74, 6) is -0.543. The summed E-state index contributed by atoms with van der Waals surface area (Å²) in [6.07, 6.45) is 2.31. The smallest absolute Gasteiger partial charge is 0.274 e. The van der Waals surface area contributed by atoms with Crippen molar-refractivity contribution in [2.45, 2.75) is 33.2 Å². The minimum absolute atomic E-state index is 0.0838. The molecule has 0 radical (unpaired) electrons. The van der Waals surface area contributed by atoms with E-state index in [4.69, 9.17) is 0 Å². The molecule has 120 valence electrons. The van der Waals surface area contributed by atoms with Gasteiger partial charge in [0.2, 0.25) is 0 Å². The first-order chi connectivity index (χ1) is 11.0. The van der Waals surface area contributed by atoms with E-state index < -0.39 is 0 Å². The normalized spacial score (nSPS) is 11.6. The number of benzene rings is 1. The van der Waals surface area contributed by atoms with Crippen molar-refractivity contribution in [1.29, 1.82) is 0 Å². The maximum Gasteiger partial charge on any atom is 0.274 e. The Morgan fingerprint density at radius 2 is 1.83 bits per heavy atom. The van der Waals surface area contributed by atoms with Gasteiger partial charge in [-0.3, -0.25) is 14.6 Å². The molecule has 2 amide bonds. The monoisotopic (exact) mass is 311 g/mol. The number of anilines is 1. The molecular weight excluding hydrogens is 290 g/mol. The topological polar surface area (TPSA) is 71.1 Å². The van der Waals surface area contributed by atoms with Crippen LogP contribution in [-0.2, 0) is 0 Å². The third-order valence-corrected chi connectivity index (χ3v) is 3.55. The van der Waals surface area contributed by atoms with Crippen LogP contribution >= 0.6 is 0 Å². The van der Waals surface area contributed by atoms with Crippen LogP contribution in [0.3, 0.4) is 0 Å². The molecule has 2 N–H and O–H groups in total. The highest BCUT2D eigenvalue weighted by Crippen LogP contribution is 2.11. The summed E-state index contributed by atoms with van der Waals surface area (Å²) < 4.78 is 0. The van der Waals surface area contributed by atoms with E-state index in [1.165, 1.54) is 12.3 Å². The second-order valence-electron chi connectivity index (χ2n) is 5.53. The zero-order chi connectivity index (χ0) is 16.8. The number of hydrogen-bond donors (Lipinski definition) is 2. The highest BCUT2D eigenvalue weighted by molar-refractivity contribution is 6.04. The van der Waals surface area contributed by atoms with Crippen molar-refractivity contribution in [3.63, 3.8) is 0 Å². The van der Waals surface area contributed by atoms with E-state index in [-0.39, 0.29) is 23.6 Å². The molecule has 23 heavy (non-hydrogen) atoms. The molecule has 0 spiro atoms. The van der Waals surface area contributed by atoms with E-state index in [0.29, 0.717) is 11.3 Å². The van der Waals surface area contributed by atoms with Gasteiger partial charge in [0, 0.05) is 23.5 Å². The maximum absolute atomic E-state index is 12.2. The van der Waals surface area contributed by atoms with Gasteiger partial charge in [-0.15, -0.1) is 0 Å². The summed E-state index contributed by atoms with van der Waals surface area (Å²) in [5.41, 5.74) is 2.44. The number of nitrogens with zero attached hydrogens (tertiary/aromatic N) is 1. The zero-order valence-corrected chi connectivity index (χ0v) is 13.6. The highest BCUT2D eigenvalue weighted by atomic mass is 16.2. The van der Waals surface area contributed by atoms with Crippen LogP contribution in [0.25, 0.3) is 0 Å². The molecule has 5 heteroatoms.